The van der Waals surface area contributed by atoms with Gasteiger partial charge in [-0.05, 0) is 18.6 Å². The predicted octanol–water partition coefficient (Wildman–Crippen LogP) is 3.72. The molecule has 0 saturated heterocycles. The third-order valence-corrected chi connectivity index (χ3v) is 4.70. The van der Waals surface area contributed by atoms with E-state index < -0.39 is 29.3 Å². The number of carboxylic acids is 2. The SMILES string of the molecule is C=C(CCOc1ccccc1)C(=O)O.CCC1(C=CC(=O)O)C=CC(=O)OCCCOC(=O)C=C1. The number of rotatable bonds is 8. The molecule has 0 bridgehead atoms. The van der Waals surface area contributed by atoms with E-state index in [1.165, 1.54) is 30.4 Å². The maximum Gasteiger partial charge on any atom is 0.331 e. The van der Waals surface area contributed by atoms with Gasteiger partial charge in [0.05, 0.1) is 19.8 Å². The van der Waals surface area contributed by atoms with Gasteiger partial charge >= 0.3 is 23.9 Å². The predicted molar refractivity (Wildman–Crippen MR) is 128 cm³/mol. The summed E-state index contributed by atoms with van der Waals surface area (Å²) < 4.78 is 15.2. The minimum atomic E-state index is -1.11. The van der Waals surface area contributed by atoms with Crippen LogP contribution in [0.15, 0.2) is 78.9 Å². The maximum atomic E-state index is 11.5. The molecular weight excluding hydrogens is 456 g/mol. The average molecular weight is 487 g/mol. The van der Waals surface area contributed by atoms with Gasteiger partial charge in [-0.25, -0.2) is 19.2 Å². The normalized spacial score (nSPS) is 18.2. The highest BCUT2D eigenvalue weighted by Crippen LogP contribution is 2.28. The first-order valence-corrected chi connectivity index (χ1v) is 10.9. The van der Waals surface area contributed by atoms with Gasteiger partial charge in [0.1, 0.15) is 5.75 Å². The van der Waals surface area contributed by atoms with Gasteiger partial charge in [0, 0.05) is 42.1 Å². The molecule has 0 amide bonds. The molecule has 0 unspecified atom stereocenters. The first kappa shape index (κ1) is 28.9. The highest BCUT2D eigenvalue weighted by molar-refractivity contribution is 5.85. The third kappa shape index (κ3) is 12.6. The molecule has 9 heteroatoms. The monoisotopic (exact) mass is 486 g/mol. The highest BCUT2D eigenvalue weighted by atomic mass is 16.5. The molecule has 1 aromatic carbocycles. The quantitative estimate of drug-likeness (QED) is 0.416. The summed E-state index contributed by atoms with van der Waals surface area (Å²) in [6.07, 6.45) is 9.13. The van der Waals surface area contributed by atoms with Gasteiger partial charge in [-0.15, -0.1) is 0 Å². The lowest BCUT2D eigenvalue weighted by Gasteiger charge is -2.21. The van der Waals surface area contributed by atoms with Crippen LogP contribution in [0.1, 0.15) is 26.2 Å². The van der Waals surface area contributed by atoms with Gasteiger partial charge in [0.2, 0.25) is 0 Å². The highest BCUT2D eigenvalue weighted by Gasteiger charge is 2.20. The number of aliphatic carboxylic acids is 2. The third-order valence-electron chi connectivity index (χ3n) is 4.70. The summed E-state index contributed by atoms with van der Waals surface area (Å²) >= 11 is 0. The maximum absolute atomic E-state index is 11.5. The smallest absolute Gasteiger partial charge is 0.331 e. The van der Waals surface area contributed by atoms with E-state index in [0.717, 1.165) is 11.8 Å². The van der Waals surface area contributed by atoms with Crippen LogP contribution in [-0.2, 0) is 28.7 Å². The molecule has 2 N–H and O–H groups in total. The van der Waals surface area contributed by atoms with E-state index in [9.17, 15) is 19.2 Å². The summed E-state index contributed by atoms with van der Waals surface area (Å²) in [4.78, 5) is 44.1. The fourth-order valence-corrected chi connectivity index (χ4v) is 2.61. The molecule has 9 nitrogen and oxygen atoms in total. The van der Waals surface area contributed by atoms with Gasteiger partial charge in [-0.3, -0.25) is 0 Å². The number of ether oxygens (including phenoxy) is 3. The Labute approximate surface area is 204 Å². The Morgan fingerprint density at radius 1 is 1.06 bits per heavy atom. The molecule has 0 atom stereocenters. The Balaban J connectivity index is 0.000000379. The van der Waals surface area contributed by atoms with E-state index in [0.29, 0.717) is 25.9 Å². The molecule has 0 radical (unpaired) electrons. The van der Waals surface area contributed by atoms with E-state index in [2.05, 4.69) is 6.58 Å². The Morgan fingerprint density at radius 2 is 1.63 bits per heavy atom. The lowest BCUT2D eigenvalue weighted by atomic mass is 9.83. The number of benzene rings is 1. The molecule has 0 saturated carbocycles. The minimum absolute atomic E-state index is 0.157. The van der Waals surface area contributed by atoms with Crippen molar-refractivity contribution in [3.05, 3.63) is 78.9 Å². The number of hydrogen-bond acceptors (Lipinski definition) is 7. The topological polar surface area (TPSA) is 136 Å². The van der Waals surface area contributed by atoms with Crippen LogP contribution in [0.5, 0.6) is 5.75 Å². The first-order chi connectivity index (χ1) is 16.7. The van der Waals surface area contributed by atoms with Crippen LogP contribution in [0.4, 0.5) is 0 Å². The Morgan fingerprint density at radius 3 is 2.11 bits per heavy atom. The van der Waals surface area contributed by atoms with Crippen molar-refractivity contribution in [2.45, 2.75) is 26.2 Å². The number of hydrogen-bond donors (Lipinski definition) is 2. The van der Waals surface area contributed by atoms with Crippen molar-refractivity contribution in [2.24, 2.45) is 5.41 Å². The molecule has 188 valence electrons. The zero-order chi connectivity index (χ0) is 26.1. The molecule has 0 aliphatic carbocycles. The van der Waals surface area contributed by atoms with E-state index in [-0.39, 0.29) is 18.8 Å². The van der Waals surface area contributed by atoms with E-state index >= 15 is 0 Å². The fraction of sp³-hybridized carbons (Fsp3) is 0.308. The number of carbonyl (C=O) groups excluding carboxylic acids is 2. The van der Waals surface area contributed by atoms with Crippen LogP contribution in [0.25, 0.3) is 0 Å². The zero-order valence-electron chi connectivity index (χ0n) is 19.6. The second kappa shape index (κ2) is 15.7. The number of cyclic esters (lactones) is 2. The lowest BCUT2D eigenvalue weighted by molar-refractivity contribution is -0.140. The standard InChI is InChI=1S/C15H18O6.C11H12O3/c1-2-15(7-4-12(16)17)8-5-13(18)20-10-3-11-21-14(19)6-9-15;1-9(11(12)13)7-8-14-10-5-3-2-4-6-10/h4-9H,2-3,10-11H2,1H3,(H,16,17);2-6H,1,7-8H2,(H,12,13). The molecular formula is C26H30O9. The summed E-state index contributed by atoms with van der Waals surface area (Å²) in [5, 5.41) is 17.3. The van der Waals surface area contributed by atoms with E-state index in [1.54, 1.807) is 0 Å². The Kier molecular flexibility index (Phi) is 12.9. The van der Waals surface area contributed by atoms with Gasteiger partial charge in [-0.2, -0.15) is 0 Å². The second-order valence-electron chi connectivity index (χ2n) is 7.31. The van der Waals surface area contributed by atoms with Gasteiger partial charge in [0.25, 0.3) is 0 Å². The molecule has 35 heavy (non-hydrogen) atoms. The summed E-state index contributed by atoms with van der Waals surface area (Å²) in [5.74, 6) is -2.37. The Hall–Kier alpha value is -4.14. The molecule has 1 aliphatic rings. The van der Waals surface area contributed by atoms with Crippen molar-refractivity contribution in [3.63, 3.8) is 0 Å². The van der Waals surface area contributed by atoms with Gasteiger partial charge in [-0.1, -0.05) is 49.9 Å². The van der Waals surface area contributed by atoms with Crippen LogP contribution in [-0.4, -0.2) is 53.9 Å². The largest absolute Gasteiger partial charge is 0.493 e. The number of esters is 2. The number of para-hydroxylation sites is 1. The fourth-order valence-electron chi connectivity index (χ4n) is 2.61. The van der Waals surface area contributed by atoms with E-state index in [1.807, 2.05) is 37.3 Å². The van der Waals surface area contributed by atoms with Crippen LogP contribution < -0.4 is 4.74 Å². The lowest BCUT2D eigenvalue weighted by Crippen LogP contribution is -2.15. The zero-order valence-corrected chi connectivity index (χ0v) is 19.6. The number of carboxylic acid groups (broad SMARTS) is 2. The van der Waals surface area contributed by atoms with Crippen molar-refractivity contribution >= 4 is 23.9 Å². The van der Waals surface area contributed by atoms with Crippen molar-refractivity contribution < 1.29 is 43.6 Å². The van der Waals surface area contributed by atoms with Crippen molar-refractivity contribution in [2.75, 3.05) is 19.8 Å². The first-order valence-electron chi connectivity index (χ1n) is 10.9. The van der Waals surface area contributed by atoms with Crippen LogP contribution >= 0.6 is 0 Å². The molecule has 1 heterocycles. The molecule has 0 aromatic heterocycles. The minimum Gasteiger partial charge on any atom is -0.493 e. The van der Waals surface area contributed by atoms with Crippen molar-refractivity contribution in [3.8, 4) is 5.75 Å². The molecule has 0 fully saturated rings. The summed E-state index contributed by atoms with van der Waals surface area (Å²) in [6.45, 7) is 5.87. The van der Waals surface area contributed by atoms with Crippen molar-refractivity contribution in [1.82, 2.24) is 0 Å². The molecule has 0 spiro atoms. The molecule has 1 aliphatic heterocycles. The van der Waals surface area contributed by atoms with Crippen molar-refractivity contribution in [1.29, 1.82) is 0 Å². The number of allylic oxidation sites excluding steroid dienone is 3. The number of carbonyl (C=O) groups is 4. The Bertz CT molecular complexity index is 930. The van der Waals surface area contributed by atoms with Gasteiger partial charge in [0.15, 0.2) is 0 Å². The summed E-state index contributed by atoms with van der Waals surface area (Å²) in [6, 6.07) is 9.26. The average Bonchev–Trinajstić information content (AvgIpc) is 2.84. The van der Waals surface area contributed by atoms with E-state index in [4.69, 9.17) is 24.4 Å². The molecule has 2 rings (SSSR count). The van der Waals surface area contributed by atoms with Crippen LogP contribution in [0, 0.1) is 5.41 Å². The van der Waals surface area contributed by atoms with Crippen LogP contribution in [0.2, 0.25) is 0 Å². The second-order valence-corrected chi connectivity index (χ2v) is 7.31. The molecule has 1 aromatic rings. The van der Waals surface area contributed by atoms with Crippen LogP contribution in [0.3, 0.4) is 0 Å². The summed E-state index contributed by atoms with van der Waals surface area (Å²) in [7, 11) is 0. The van der Waals surface area contributed by atoms with Gasteiger partial charge < -0.3 is 24.4 Å². The summed E-state index contributed by atoms with van der Waals surface area (Å²) in [5.41, 5.74) is -0.698.